The van der Waals surface area contributed by atoms with Crippen molar-refractivity contribution in [3.05, 3.63) is 34.6 Å². The molecule has 0 aliphatic carbocycles. The molecule has 0 radical (unpaired) electrons. The van der Waals surface area contributed by atoms with E-state index in [9.17, 15) is 14.0 Å². The van der Waals surface area contributed by atoms with E-state index in [0.717, 1.165) is 18.9 Å². The zero-order chi connectivity index (χ0) is 13.8. The fourth-order valence-corrected chi connectivity index (χ4v) is 2.16. The van der Waals surface area contributed by atoms with Crippen LogP contribution in [0.4, 0.5) is 4.39 Å². The molecule has 0 bridgehead atoms. The summed E-state index contributed by atoms with van der Waals surface area (Å²) in [4.78, 5) is 23.6. The van der Waals surface area contributed by atoms with Gasteiger partial charge in [0, 0.05) is 11.6 Å². The Morgan fingerprint density at radius 3 is 3.00 bits per heavy atom. The lowest BCUT2D eigenvalue weighted by Crippen LogP contribution is -2.45. The van der Waals surface area contributed by atoms with Gasteiger partial charge in [0.25, 0.3) is 5.91 Å². The number of hydrogen-bond acceptors (Lipinski definition) is 2. The average molecular weight is 285 g/mol. The van der Waals surface area contributed by atoms with Crippen LogP contribution in [-0.2, 0) is 4.79 Å². The topological polar surface area (TPSA) is 58.2 Å². The van der Waals surface area contributed by atoms with Crippen LogP contribution in [0.15, 0.2) is 18.2 Å². The van der Waals surface area contributed by atoms with Crippen LogP contribution in [0.1, 0.15) is 29.6 Å². The van der Waals surface area contributed by atoms with Gasteiger partial charge < -0.3 is 10.6 Å². The summed E-state index contributed by atoms with van der Waals surface area (Å²) in [5, 5.41) is 5.52. The van der Waals surface area contributed by atoms with Gasteiger partial charge in [0.2, 0.25) is 5.91 Å². The van der Waals surface area contributed by atoms with E-state index in [1.165, 1.54) is 12.1 Å². The van der Waals surface area contributed by atoms with E-state index < -0.39 is 17.8 Å². The first-order valence-corrected chi connectivity index (χ1v) is 6.49. The maximum Gasteiger partial charge on any atom is 0.254 e. The van der Waals surface area contributed by atoms with Gasteiger partial charge in [-0.2, -0.15) is 0 Å². The smallest absolute Gasteiger partial charge is 0.254 e. The van der Waals surface area contributed by atoms with E-state index in [1.54, 1.807) is 0 Å². The predicted molar refractivity (Wildman–Crippen MR) is 69.5 cm³/mol. The van der Waals surface area contributed by atoms with Gasteiger partial charge >= 0.3 is 0 Å². The minimum Gasteiger partial charge on any atom is -0.354 e. The molecule has 1 atom stereocenters. The van der Waals surface area contributed by atoms with Gasteiger partial charge in [-0.25, -0.2) is 4.39 Å². The third kappa shape index (κ3) is 3.44. The summed E-state index contributed by atoms with van der Waals surface area (Å²) in [5.41, 5.74) is -0.149. The number of halogens is 2. The van der Waals surface area contributed by atoms with Gasteiger partial charge in [0.05, 0.1) is 5.56 Å². The van der Waals surface area contributed by atoms with Gasteiger partial charge in [-0.1, -0.05) is 11.6 Å². The van der Waals surface area contributed by atoms with Crippen molar-refractivity contribution in [2.45, 2.75) is 25.3 Å². The first-order valence-electron chi connectivity index (χ1n) is 6.11. The summed E-state index contributed by atoms with van der Waals surface area (Å²) >= 11 is 5.73. The van der Waals surface area contributed by atoms with Crippen molar-refractivity contribution < 1.29 is 14.0 Å². The summed E-state index contributed by atoms with van der Waals surface area (Å²) < 4.78 is 13.5. The van der Waals surface area contributed by atoms with Gasteiger partial charge in [0.15, 0.2) is 0 Å². The quantitative estimate of drug-likeness (QED) is 0.871. The molecule has 2 rings (SSSR count). The van der Waals surface area contributed by atoms with Crippen molar-refractivity contribution in [2.75, 3.05) is 6.54 Å². The molecule has 2 amide bonds. The number of rotatable bonds is 2. The summed E-state index contributed by atoms with van der Waals surface area (Å²) in [6, 6.07) is 3.13. The molecule has 6 heteroatoms. The lowest BCUT2D eigenvalue weighted by atomic mass is 10.1. The number of amides is 2. The number of hydrogen-bond donors (Lipinski definition) is 2. The zero-order valence-corrected chi connectivity index (χ0v) is 11.0. The lowest BCUT2D eigenvalue weighted by Gasteiger charge is -2.15. The molecule has 102 valence electrons. The second-order valence-corrected chi connectivity index (χ2v) is 4.87. The molecular formula is C13H14ClFN2O2. The first kappa shape index (κ1) is 13.8. The van der Waals surface area contributed by atoms with Crippen molar-refractivity contribution in [1.82, 2.24) is 10.6 Å². The van der Waals surface area contributed by atoms with E-state index in [4.69, 9.17) is 11.6 Å². The van der Waals surface area contributed by atoms with Crippen LogP contribution >= 0.6 is 11.6 Å². The van der Waals surface area contributed by atoms with E-state index in [1.807, 2.05) is 0 Å². The fourth-order valence-electron chi connectivity index (χ4n) is 1.98. The minimum atomic E-state index is -0.657. The highest BCUT2D eigenvalue weighted by molar-refractivity contribution is 6.31. The van der Waals surface area contributed by atoms with Crippen LogP contribution in [-0.4, -0.2) is 24.4 Å². The van der Waals surface area contributed by atoms with Crippen molar-refractivity contribution in [3.8, 4) is 0 Å². The number of nitrogens with one attached hydrogen (secondary N) is 2. The highest BCUT2D eigenvalue weighted by Crippen LogP contribution is 2.15. The molecule has 2 N–H and O–H groups in total. The van der Waals surface area contributed by atoms with Crippen molar-refractivity contribution in [1.29, 1.82) is 0 Å². The molecule has 1 heterocycles. The molecule has 1 saturated heterocycles. The Hall–Kier alpha value is -1.62. The molecule has 1 fully saturated rings. The Labute approximate surface area is 115 Å². The standard InChI is InChI=1S/C13H14ClFN2O2/c14-8-4-5-10(15)9(7-8)12(18)17-11-3-1-2-6-16-13(11)19/h4-5,7,11H,1-3,6H2,(H,16,19)(H,17,18)/t11-/m1/s1. The Morgan fingerprint density at radius 1 is 1.42 bits per heavy atom. The summed E-state index contributed by atoms with van der Waals surface area (Å²) in [6.45, 7) is 0.608. The normalized spacial score (nSPS) is 19.5. The molecule has 0 unspecified atom stereocenters. The van der Waals surface area contributed by atoms with Crippen LogP contribution in [0.2, 0.25) is 5.02 Å². The molecule has 0 aromatic heterocycles. The number of carbonyl (C=O) groups excluding carboxylic acids is 2. The second kappa shape index (κ2) is 6.02. The first-order chi connectivity index (χ1) is 9.08. The molecule has 1 aromatic rings. The molecule has 1 aromatic carbocycles. The monoisotopic (exact) mass is 284 g/mol. The van der Waals surface area contributed by atoms with Crippen LogP contribution in [0.3, 0.4) is 0 Å². The third-order valence-corrected chi connectivity index (χ3v) is 3.25. The van der Waals surface area contributed by atoms with E-state index in [-0.39, 0.29) is 16.5 Å². The molecule has 19 heavy (non-hydrogen) atoms. The highest BCUT2D eigenvalue weighted by Gasteiger charge is 2.24. The Morgan fingerprint density at radius 2 is 2.21 bits per heavy atom. The Bertz CT molecular complexity index is 507. The molecule has 4 nitrogen and oxygen atoms in total. The van der Waals surface area contributed by atoms with Crippen LogP contribution < -0.4 is 10.6 Å². The molecule has 1 aliphatic rings. The van der Waals surface area contributed by atoms with E-state index in [0.29, 0.717) is 13.0 Å². The lowest BCUT2D eigenvalue weighted by molar-refractivity contribution is -0.122. The largest absolute Gasteiger partial charge is 0.354 e. The molecular weight excluding hydrogens is 271 g/mol. The summed E-state index contributed by atoms with van der Waals surface area (Å²) in [6.07, 6.45) is 2.27. The van der Waals surface area contributed by atoms with Gasteiger partial charge in [0.1, 0.15) is 11.9 Å². The molecule has 1 aliphatic heterocycles. The van der Waals surface area contributed by atoms with E-state index >= 15 is 0 Å². The van der Waals surface area contributed by atoms with Crippen molar-refractivity contribution >= 4 is 23.4 Å². The van der Waals surface area contributed by atoms with Crippen LogP contribution in [0, 0.1) is 5.82 Å². The summed E-state index contributed by atoms with van der Waals surface area (Å²) in [5.74, 6) is -1.51. The SMILES string of the molecule is O=C(N[C@@H]1CCCCNC1=O)c1cc(Cl)ccc1F. The van der Waals surface area contributed by atoms with Crippen molar-refractivity contribution in [2.24, 2.45) is 0 Å². The zero-order valence-electron chi connectivity index (χ0n) is 10.2. The highest BCUT2D eigenvalue weighted by atomic mass is 35.5. The maximum absolute atomic E-state index is 13.5. The van der Waals surface area contributed by atoms with Crippen LogP contribution in [0.25, 0.3) is 0 Å². The third-order valence-electron chi connectivity index (χ3n) is 3.01. The number of benzene rings is 1. The Kier molecular flexibility index (Phi) is 4.37. The number of carbonyl (C=O) groups is 2. The molecule has 0 spiro atoms. The van der Waals surface area contributed by atoms with Gasteiger partial charge in [-0.3, -0.25) is 9.59 Å². The van der Waals surface area contributed by atoms with E-state index in [2.05, 4.69) is 10.6 Å². The maximum atomic E-state index is 13.5. The molecule has 0 saturated carbocycles. The van der Waals surface area contributed by atoms with Gasteiger partial charge in [-0.05, 0) is 37.5 Å². The van der Waals surface area contributed by atoms with Crippen molar-refractivity contribution in [3.63, 3.8) is 0 Å². The van der Waals surface area contributed by atoms with Gasteiger partial charge in [-0.15, -0.1) is 0 Å². The fraction of sp³-hybridized carbons (Fsp3) is 0.385. The Balaban J connectivity index is 2.11. The average Bonchev–Trinajstić information content (AvgIpc) is 2.58. The summed E-state index contributed by atoms with van der Waals surface area (Å²) in [7, 11) is 0. The van der Waals surface area contributed by atoms with Crippen LogP contribution in [0.5, 0.6) is 0 Å². The minimum absolute atomic E-state index is 0.149. The second-order valence-electron chi connectivity index (χ2n) is 4.44. The predicted octanol–water partition coefficient (Wildman–Crippen LogP) is 1.88.